The first-order chi connectivity index (χ1) is 21.1. The van der Waals surface area contributed by atoms with Crippen LogP contribution in [0, 0.1) is 0 Å². The van der Waals surface area contributed by atoms with Crippen molar-refractivity contribution >= 4 is 50.7 Å². The van der Waals surface area contributed by atoms with E-state index >= 15 is 0 Å². The van der Waals surface area contributed by atoms with Crippen LogP contribution >= 0.6 is 23.2 Å². The number of carbonyl (C=O) groups is 2. The SMILES string of the molecule is CCOc1ccc(S(=O)(=O)N(CC(=O)N(Cc2ccc(Cl)cc2Cl)[C@H](CC)C(=O)NC2CCCCC2)c2ccccc2)cc1. The maximum absolute atomic E-state index is 14.3. The van der Waals surface area contributed by atoms with Gasteiger partial charge in [0, 0.05) is 22.6 Å². The highest BCUT2D eigenvalue weighted by Gasteiger charge is 2.34. The third-order valence-electron chi connectivity index (χ3n) is 7.74. The van der Waals surface area contributed by atoms with E-state index in [1.54, 1.807) is 60.7 Å². The lowest BCUT2D eigenvalue weighted by molar-refractivity contribution is -0.140. The first-order valence-corrected chi connectivity index (χ1v) is 17.2. The molecule has 2 amide bonds. The van der Waals surface area contributed by atoms with Crippen LogP contribution in [0.4, 0.5) is 5.69 Å². The fourth-order valence-corrected chi connectivity index (χ4v) is 7.30. The molecule has 1 saturated carbocycles. The second-order valence-electron chi connectivity index (χ2n) is 10.8. The number of halogens is 2. The zero-order valence-electron chi connectivity index (χ0n) is 25.0. The fraction of sp³-hybridized carbons (Fsp3) is 0.394. The molecule has 3 aromatic rings. The number of carbonyl (C=O) groups excluding carboxylic acids is 2. The Morgan fingerprint density at radius 1 is 0.955 bits per heavy atom. The Morgan fingerprint density at radius 3 is 2.25 bits per heavy atom. The molecule has 4 rings (SSSR count). The number of nitrogens with zero attached hydrogens (tertiary/aromatic N) is 2. The Labute approximate surface area is 270 Å². The quantitative estimate of drug-likeness (QED) is 0.217. The number of anilines is 1. The van der Waals surface area contributed by atoms with Gasteiger partial charge in [-0.3, -0.25) is 13.9 Å². The number of ether oxygens (including phenoxy) is 1. The molecule has 3 aromatic carbocycles. The van der Waals surface area contributed by atoms with E-state index in [0.29, 0.717) is 40.1 Å². The maximum Gasteiger partial charge on any atom is 0.264 e. The predicted octanol–water partition coefficient (Wildman–Crippen LogP) is 6.84. The van der Waals surface area contributed by atoms with E-state index in [2.05, 4.69) is 5.32 Å². The molecule has 1 atom stereocenters. The van der Waals surface area contributed by atoms with Gasteiger partial charge in [-0.25, -0.2) is 8.42 Å². The van der Waals surface area contributed by atoms with Gasteiger partial charge in [0.05, 0.1) is 17.2 Å². The van der Waals surface area contributed by atoms with Gasteiger partial charge in [-0.05, 0) is 80.3 Å². The second-order valence-corrected chi connectivity index (χ2v) is 13.5. The van der Waals surface area contributed by atoms with Crippen molar-refractivity contribution in [3.63, 3.8) is 0 Å². The molecule has 0 aliphatic heterocycles. The van der Waals surface area contributed by atoms with Crippen molar-refractivity contribution in [3.05, 3.63) is 88.4 Å². The number of amides is 2. The van der Waals surface area contributed by atoms with Crippen molar-refractivity contribution in [2.45, 2.75) is 75.9 Å². The highest BCUT2D eigenvalue weighted by atomic mass is 35.5. The van der Waals surface area contributed by atoms with Gasteiger partial charge in [-0.1, -0.05) is 73.7 Å². The van der Waals surface area contributed by atoms with E-state index in [-0.39, 0.29) is 23.4 Å². The summed E-state index contributed by atoms with van der Waals surface area (Å²) in [6.45, 7) is 3.59. The smallest absolute Gasteiger partial charge is 0.264 e. The molecule has 0 radical (unpaired) electrons. The van der Waals surface area contributed by atoms with Gasteiger partial charge < -0.3 is 15.0 Å². The van der Waals surface area contributed by atoms with Gasteiger partial charge >= 0.3 is 0 Å². The van der Waals surface area contributed by atoms with Crippen LogP contribution in [0.25, 0.3) is 0 Å². The summed E-state index contributed by atoms with van der Waals surface area (Å²) < 4.78 is 34.6. The lowest BCUT2D eigenvalue weighted by Gasteiger charge is -2.34. The molecule has 0 spiro atoms. The third-order valence-corrected chi connectivity index (χ3v) is 10.1. The molecule has 0 unspecified atom stereocenters. The number of nitrogens with one attached hydrogen (secondary N) is 1. The molecule has 8 nitrogen and oxygen atoms in total. The van der Waals surface area contributed by atoms with E-state index in [1.165, 1.54) is 17.0 Å². The Balaban J connectivity index is 1.70. The summed E-state index contributed by atoms with van der Waals surface area (Å²) >= 11 is 12.6. The van der Waals surface area contributed by atoms with Crippen LogP contribution in [-0.2, 0) is 26.2 Å². The van der Waals surface area contributed by atoms with Crippen molar-refractivity contribution < 1.29 is 22.7 Å². The molecule has 1 aliphatic carbocycles. The Bertz CT molecular complexity index is 1510. The zero-order valence-corrected chi connectivity index (χ0v) is 27.4. The number of benzene rings is 3. The van der Waals surface area contributed by atoms with E-state index in [9.17, 15) is 18.0 Å². The first kappa shape index (κ1) is 33.6. The molecule has 44 heavy (non-hydrogen) atoms. The van der Waals surface area contributed by atoms with E-state index < -0.39 is 28.5 Å². The molecule has 0 saturated heterocycles. The Morgan fingerprint density at radius 2 is 1.64 bits per heavy atom. The van der Waals surface area contributed by atoms with Crippen molar-refractivity contribution in [2.75, 3.05) is 17.5 Å². The summed E-state index contributed by atoms with van der Waals surface area (Å²) in [5.41, 5.74) is 0.910. The van der Waals surface area contributed by atoms with Crippen LogP contribution < -0.4 is 14.4 Å². The number of hydrogen-bond acceptors (Lipinski definition) is 5. The van der Waals surface area contributed by atoms with E-state index in [4.69, 9.17) is 27.9 Å². The number of hydrogen-bond donors (Lipinski definition) is 1. The maximum atomic E-state index is 14.3. The number of para-hydroxylation sites is 1. The zero-order chi connectivity index (χ0) is 31.7. The van der Waals surface area contributed by atoms with Gasteiger partial charge in [-0.15, -0.1) is 0 Å². The van der Waals surface area contributed by atoms with E-state index in [1.807, 2.05) is 13.8 Å². The third kappa shape index (κ3) is 8.46. The van der Waals surface area contributed by atoms with Crippen molar-refractivity contribution in [3.8, 4) is 5.75 Å². The van der Waals surface area contributed by atoms with Gasteiger partial charge in [0.25, 0.3) is 10.0 Å². The molecule has 236 valence electrons. The summed E-state index contributed by atoms with van der Waals surface area (Å²) in [7, 11) is -4.19. The highest BCUT2D eigenvalue weighted by molar-refractivity contribution is 7.92. The van der Waals surface area contributed by atoms with Crippen LogP contribution in [0.1, 0.15) is 57.9 Å². The predicted molar refractivity (Wildman–Crippen MR) is 175 cm³/mol. The van der Waals surface area contributed by atoms with E-state index in [0.717, 1.165) is 36.4 Å². The lowest BCUT2D eigenvalue weighted by Crippen LogP contribution is -2.54. The summed E-state index contributed by atoms with van der Waals surface area (Å²) in [6, 6.07) is 18.7. The van der Waals surface area contributed by atoms with Crippen LogP contribution in [0.15, 0.2) is 77.7 Å². The molecule has 0 aromatic heterocycles. The Kier molecular flexibility index (Phi) is 11.9. The van der Waals surface area contributed by atoms with Crippen molar-refractivity contribution in [1.29, 1.82) is 0 Å². The molecule has 1 aliphatic rings. The summed E-state index contributed by atoms with van der Waals surface area (Å²) in [5.74, 6) is -0.270. The molecule has 0 bridgehead atoms. The highest BCUT2D eigenvalue weighted by Crippen LogP contribution is 2.28. The van der Waals surface area contributed by atoms with Gasteiger partial charge in [0.1, 0.15) is 18.3 Å². The summed E-state index contributed by atoms with van der Waals surface area (Å²) in [5, 5.41) is 3.93. The molecule has 0 heterocycles. The molecule has 11 heteroatoms. The Hall–Kier alpha value is -3.27. The van der Waals surface area contributed by atoms with Crippen LogP contribution in [-0.4, -0.2) is 50.4 Å². The number of rotatable bonds is 13. The minimum absolute atomic E-state index is 0.00282. The molecule has 1 N–H and O–H groups in total. The van der Waals surface area contributed by atoms with Gasteiger partial charge in [0.2, 0.25) is 11.8 Å². The van der Waals surface area contributed by atoms with Crippen LogP contribution in [0.2, 0.25) is 10.0 Å². The first-order valence-electron chi connectivity index (χ1n) is 15.0. The molecular weight excluding hydrogens is 621 g/mol. The average Bonchev–Trinajstić information content (AvgIpc) is 3.02. The largest absolute Gasteiger partial charge is 0.494 e. The minimum Gasteiger partial charge on any atom is -0.494 e. The molecular formula is C33H39Cl2N3O5S. The number of sulfonamides is 1. The van der Waals surface area contributed by atoms with Crippen LogP contribution in [0.5, 0.6) is 5.75 Å². The normalized spacial score (nSPS) is 14.5. The van der Waals surface area contributed by atoms with Crippen molar-refractivity contribution in [1.82, 2.24) is 10.2 Å². The standard InChI is InChI=1S/C33H39Cl2N3O5S/c1-3-31(33(40)36-26-11-7-5-8-12-26)37(22-24-15-16-25(34)21-30(24)35)32(39)23-38(27-13-9-6-10-14-27)44(41,42)29-19-17-28(18-20-29)43-4-2/h6,9-10,13-21,26,31H,3-5,7-8,11-12,22-23H2,1-2H3,(H,36,40)/t31-/m1/s1. The van der Waals surface area contributed by atoms with Gasteiger partial charge in [0.15, 0.2) is 0 Å². The topological polar surface area (TPSA) is 96.0 Å². The molecule has 1 fully saturated rings. The van der Waals surface area contributed by atoms with Crippen LogP contribution in [0.3, 0.4) is 0 Å². The minimum atomic E-state index is -4.19. The summed E-state index contributed by atoms with van der Waals surface area (Å²) in [4.78, 5) is 29.4. The second kappa shape index (κ2) is 15.6. The average molecular weight is 661 g/mol. The monoisotopic (exact) mass is 659 g/mol. The fourth-order valence-electron chi connectivity index (χ4n) is 5.42. The van der Waals surface area contributed by atoms with Gasteiger partial charge in [-0.2, -0.15) is 0 Å². The lowest BCUT2D eigenvalue weighted by atomic mass is 9.95. The summed E-state index contributed by atoms with van der Waals surface area (Å²) in [6.07, 6.45) is 5.33. The van der Waals surface area contributed by atoms with Crippen molar-refractivity contribution in [2.24, 2.45) is 0 Å².